The van der Waals surface area contributed by atoms with Crippen molar-refractivity contribution in [1.29, 1.82) is 0 Å². The van der Waals surface area contributed by atoms with Gasteiger partial charge in [-0.15, -0.1) is 0 Å². The minimum Gasteiger partial charge on any atom is -0.301 e. The third-order valence-electron chi connectivity index (χ3n) is 3.77. The molecule has 150 valence electrons. The summed E-state index contributed by atoms with van der Waals surface area (Å²) in [6.45, 7) is 0.329. The lowest BCUT2D eigenvalue weighted by atomic mass is 10.0. The second kappa shape index (κ2) is 10.5. The number of non-ortho nitro benzene ring substituents is 1. The third-order valence-corrected chi connectivity index (χ3v) is 8.04. The number of Topliss-reactive ketones (excluding diaryl/α,β-unsaturated/α-hetero) is 1. The molecular weight excluding hydrogens is 401 g/mol. The maximum atomic E-state index is 13.0. The molecule has 0 fully saturated rings. The lowest BCUT2D eigenvalue weighted by Gasteiger charge is -2.22. The molecule has 7 nitrogen and oxygen atoms in total. The molecule has 2 aromatic rings. The van der Waals surface area contributed by atoms with Crippen molar-refractivity contribution < 1.29 is 23.3 Å². The summed E-state index contributed by atoms with van der Waals surface area (Å²) in [5, 5.41) is 10.4. The van der Waals surface area contributed by atoms with Gasteiger partial charge in [0, 0.05) is 29.4 Å². The van der Waals surface area contributed by atoms with E-state index in [0.29, 0.717) is 11.1 Å². The fraction of sp³-hybridized carbons (Fsp3) is 0.316. The number of hydrogen-bond donors (Lipinski definition) is 0. The van der Waals surface area contributed by atoms with Crippen molar-refractivity contribution in [3.05, 3.63) is 75.8 Å². The maximum Gasteiger partial charge on any atom is 0.389 e. The largest absolute Gasteiger partial charge is 0.389 e. The summed E-state index contributed by atoms with van der Waals surface area (Å²) < 4.78 is 23.7. The molecule has 0 saturated carbocycles. The molecule has 0 N–H and O–H groups in total. The smallest absolute Gasteiger partial charge is 0.301 e. The highest BCUT2D eigenvalue weighted by molar-refractivity contribution is 8.55. The van der Waals surface area contributed by atoms with Gasteiger partial charge in [-0.2, -0.15) is 0 Å². The number of benzene rings is 2. The van der Waals surface area contributed by atoms with Gasteiger partial charge in [0.25, 0.3) is 5.69 Å². The fourth-order valence-corrected chi connectivity index (χ4v) is 6.67. The molecule has 0 aliphatic heterocycles. The van der Waals surface area contributed by atoms with Gasteiger partial charge in [-0.1, -0.05) is 42.5 Å². The topological polar surface area (TPSA) is 95.7 Å². The lowest BCUT2D eigenvalue weighted by molar-refractivity contribution is -0.384. The van der Waals surface area contributed by atoms with Crippen LogP contribution in [0.3, 0.4) is 0 Å². The first-order chi connectivity index (χ1) is 13.4. The van der Waals surface area contributed by atoms with Crippen molar-refractivity contribution in [1.82, 2.24) is 0 Å². The molecule has 1 atom stereocenters. The van der Waals surface area contributed by atoms with E-state index in [2.05, 4.69) is 0 Å². The molecule has 0 radical (unpaired) electrons. The van der Waals surface area contributed by atoms with Gasteiger partial charge in [0.2, 0.25) is 0 Å². The van der Waals surface area contributed by atoms with Crippen LogP contribution in [0.4, 0.5) is 5.69 Å². The van der Waals surface area contributed by atoms with E-state index in [1.807, 2.05) is 6.07 Å². The summed E-state index contributed by atoms with van der Waals surface area (Å²) >= 11 is 0.952. The molecule has 9 heteroatoms. The van der Waals surface area contributed by atoms with Crippen LogP contribution in [0.1, 0.15) is 41.4 Å². The average Bonchev–Trinajstić information content (AvgIpc) is 2.68. The van der Waals surface area contributed by atoms with E-state index in [4.69, 9.17) is 9.05 Å². The molecule has 28 heavy (non-hydrogen) atoms. The van der Waals surface area contributed by atoms with Crippen LogP contribution in [-0.2, 0) is 13.6 Å². The van der Waals surface area contributed by atoms with Crippen LogP contribution in [0.5, 0.6) is 0 Å². The zero-order valence-electron chi connectivity index (χ0n) is 15.6. The molecule has 0 unspecified atom stereocenters. The molecule has 0 aliphatic rings. The van der Waals surface area contributed by atoms with E-state index in [-0.39, 0.29) is 31.1 Å². The number of nitrogens with zero attached hydrogens (tertiary/aromatic N) is 1. The van der Waals surface area contributed by atoms with Crippen molar-refractivity contribution in [3.63, 3.8) is 0 Å². The Labute approximate surface area is 167 Å². The first kappa shape index (κ1) is 22.3. The summed E-state index contributed by atoms with van der Waals surface area (Å²) in [5.41, 5.74) is 1.12. The highest BCUT2D eigenvalue weighted by atomic mass is 32.7. The van der Waals surface area contributed by atoms with E-state index >= 15 is 0 Å². The van der Waals surface area contributed by atoms with Crippen molar-refractivity contribution in [2.75, 3.05) is 13.2 Å². The third kappa shape index (κ3) is 6.27. The molecule has 0 saturated heterocycles. The Bertz CT molecular complexity index is 833. The minimum absolute atomic E-state index is 0.0522. The second-order valence-corrected chi connectivity index (χ2v) is 9.88. The lowest BCUT2D eigenvalue weighted by Crippen LogP contribution is -2.06. The van der Waals surface area contributed by atoms with Gasteiger partial charge >= 0.3 is 6.80 Å². The number of nitro benzene ring substituents is 1. The molecular formula is C19H22NO6PS. The van der Waals surface area contributed by atoms with Crippen molar-refractivity contribution in [3.8, 4) is 0 Å². The van der Waals surface area contributed by atoms with E-state index < -0.39 is 17.0 Å². The monoisotopic (exact) mass is 423 g/mol. The number of carbonyl (C=O) groups is 1. The molecule has 2 rings (SSSR count). The minimum atomic E-state index is -3.49. The number of carbonyl (C=O) groups excluding carboxylic acids is 1. The average molecular weight is 423 g/mol. The van der Waals surface area contributed by atoms with Gasteiger partial charge in [0.15, 0.2) is 5.78 Å². The zero-order valence-corrected chi connectivity index (χ0v) is 17.4. The van der Waals surface area contributed by atoms with Crippen LogP contribution < -0.4 is 0 Å². The van der Waals surface area contributed by atoms with Crippen molar-refractivity contribution in [2.45, 2.75) is 25.5 Å². The Morgan fingerprint density at radius 1 is 1.07 bits per heavy atom. The van der Waals surface area contributed by atoms with Crippen LogP contribution >= 0.6 is 18.2 Å². The van der Waals surface area contributed by atoms with Crippen LogP contribution in [0.25, 0.3) is 0 Å². The predicted molar refractivity (Wildman–Crippen MR) is 110 cm³/mol. The number of rotatable bonds is 11. The van der Waals surface area contributed by atoms with Crippen molar-refractivity contribution in [2.24, 2.45) is 0 Å². The Kier molecular flexibility index (Phi) is 8.38. The van der Waals surface area contributed by atoms with E-state index in [9.17, 15) is 19.5 Å². The van der Waals surface area contributed by atoms with Crippen LogP contribution in [-0.4, -0.2) is 23.9 Å². The van der Waals surface area contributed by atoms with E-state index in [0.717, 1.165) is 11.4 Å². The highest BCUT2D eigenvalue weighted by Crippen LogP contribution is 2.66. The van der Waals surface area contributed by atoms with Crippen LogP contribution in [0.15, 0.2) is 54.6 Å². The van der Waals surface area contributed by atoms with Crippen molar-refractivity contribution >= 4 is 29.6 Å². The first-order valence-corrected chi connectivity index (χ1v) is 11.8. The number of ketones is 1. The fourth-order valence-electron chi connectivity index (χ4n) is 2.51. The zero-order chi connectivity index (χ0) is 20.6. The standard InChI is InChI=1S/C19H22NO6PS/c1-3-25-27(24,26-4-2)28-19(14-18(21)15-8-6-5-7-9-15)16-10-12-17(13-11-16)20(22)23/h5-13,19H,3-4,14H2,1-2H3/t19-/m1/s1. The summed E-state index contributed by atoms with van der Waals surface area (Å²) in [6, 6.07) is 14.6. The summed E-state index contributed by atoms with van der Waals surface area (Å²) in [5.74, 6) is -0.129. The van der Waals surface area contributed by atoms with Gasteiger partial charge in [0.1, 0.15) is 0 Å². The number of hydrogen-bond acceptors (Lipinski definition) is 7. The van der Waals surface area contributed by atoms with Gasteiger partial charge in [-0.05, 0) is 30.8 Å². The summed E-state index contributed by atoms with van der Waals surface area (Å²) in [7, 11) is 0. The molecule has 0 aliphatic carbocycles. The molecule has 0 spiro atoms. The Balaban J connectivity index is 2.32. The van der Waals surface area contributed by atoms with E-state index in [1.165, 1.54) is 12.1 Å². The molecule has 2 aromatic carbocycles. The normalized spacial score (nSPS) is 12.5. The second-order valence-electron chi connectivity index (χ2n) is 5.72. The quantitative estimate of drug-likeness (QED) is 0.194. The Morgan fingerprint density at radius 2 is 1.64 bits per heavy atom. The van der Waals surface area contributed by atoms with E-state index in [1.54, 1.807) is 50.2 Å². The predicted octanol–water partition coefficient (Wildman–Crippen LogP) is 5.82. The maximum absolute atomic E-state index is 13.0. The Morgan fingerprint density at radius 3 is 2.14 bits per heavy atom. The number of nitro groups is 1. The molecule has 0 aromatic heterocycles. The molecule has 0 bridgehead atoms. The summed E-state index contributed by atoms with van der Waals surface area (Å²) in [4.78, 5) is 23.1. The summed E-state index contributed by atoms with van der Waals surface area (Å²) in [6.07, 6.45) is 0.0522. The highest BCUT2D eigenvalue weighted by Gasteiger charge is 2.32. The van der Waals surface area contributed by atoms with Gasteiger partial charge in [-0.3, -0.25) is 14.9 Å². The Hall–Kier alpha value is -1.99. The van der Waals surface area contributed by atoms with Crippen LogP contribution in [0, 0.1) is 10.1 Å². The molecule has 0 amide bonds. The van der Waals surface area contributed by atoms with Gasteiger partial charge < -0.3 is 9.05 Å². The first-order valence-electron chi connectivity index (χ1n) is 8.78. The van der Waals surface area contributed by atoms with Gasteiger partial charge in [0.05, 0.1) is 18.1 Å². The molecule has 0 heterocycles. The van der Waals surface area contributed by atoms with Gasteiger partial charge in [-0.25, -0.2) is 4.57 Å². The van der Waals surface area contributed by atoms with Crippen LogP contribution in [0.2, 0.25) is 0 Å². The SMILES string of the molecule is CCOP(=O)(OCC)S[C@H](CC(=O)c1ccccc1)c1ccc([N+](=O)[O-])cc1.